The van der Waals surface area contributed by atoms with Gasteiger partial charge in [0.1, 0.15) is 5.84 Å². The Labute approximate surface area is 127 Å². The first-order valence-electron chi connectivity index (χ1n) is 6.79. The zero-order chi connectivity index (χ0) is 16.3. The van der Waals surface area contributed by atoms with Gasteiger partial charge in [0.05, 0.1) is 5.56 Å². The predicted octanol–water partition coefficient (Wildman–Crippen LogP) is 4.81. The number of anilines is 1. The SMILES string of the molecule is CN=C(Nc1cccc(C(F)(F)F)c1)c1cc(C)cc(C)c1. The number of benzene rings is 2. The van der Waals surface area contributed by atoms with Crippen LogP contribution >= 0.6 is 0 Å². The molecule has 0 radical (unpaired) electrons. The number of rotatable bonds is 2. The second-order valence-electron chi connectivity index (χ2n) is 5.15. The maximum absolute atomic E-state index is 12.8. The lowest BCUT2D eigenvalue weighted by molar-refractivity contribution is -0.137. The maximum Gasteiger partial charge on any atom is 0.416 e. The van der Waals surface area contributed by atoms with Crippen LogP contribution in [0.5, 0.6) is 0 Å². The van der Waals surface area contributed by atoms with Crippen molar-refractivity contribution in [1.82, 2.24) is 0 Å². The molecule has 2 nitrogen and oxygen atoms in total. The smallest absolute Gasteiger partial charge is 0.340 e. The summed E-state index contributed by atoms with van der Waals surface area (Å²) in [6, 6.07) is 11.0. The van der Waals surface area contributed by atoms with Crippen molar-refractivity contribution in [3.05, 3.63) is 64.7 Å². The molecule has 0 heterocycles. The molecule has 0 aliphatic rings. The lowest BCUT2D eigenvalue weighted by Crippen LogP contribution is -2.15. The Morgan fingerprint density at radius 3 is 2.18 bits per heavy atom. The van der Waals surface area contributed by atoms with Crippen LogP contribution in [0.3, 0.4) is 0 Å². The average molecular weight is 306 g/mol. The fourth-order valence-corrected chi connectivity index (χ4v) is 2.28. The summed E-state index contributed by atoms with van der Waals surface area (Å²) in [5.74, 6) is 0.533. The van der Waals surface area contributed by atoms with E-state index < -0.39 is 11.7 Å². The standard InChI is InChI=1S/C17H17F3N2/c1-11-7-12(2)9-13(8-11)16(21-3)22-15-6-4-5-14(10-15)17(18,19)20/h4-10H,1-3H3,(H,21,22). The number of alkyl halides is 3. The van der Waals surface area contributed by atoms with Crippen LogP contribution in [-0.4, -0.2) is 12.9 Å². The number of halogens is 3. The van der Waals surface area contributed by atoms with Crippen LogP contribution in [-0.2, 0) is 6.18 Å². The van der Waals surface area contributed by atoms with Gasteiger partial charge in [-0.25, -0.2) is 0 Å². The van der Waals surface area contributed by atoms with Crippen molar-refractivity contribution in [3.63, 3.8) is 0 Å². The van der Waals surface area contributed by atoms with Crippen molar-refractivity contribution < 1.29 is 13.2 Å². The van der Waals surface area contributed by atoms with Gasteiger partial charge in [-0.05, 0) is 44.2 Å². The van der Waals surface area contributed by atoms with Gasteiger partial charge in [-0.15, -0.1) is 0 Å². The second-order valence-corrected chi connectivity index (χ2v) is 5.15. The molecular formula is C17H17F3N2. The molecule has 0 aromatic heterocycles. The molecule has 0 aliphatic heterocycles. The molecule has 2 aromatic rings. The Morgan fingerprint density at radius 2 is 1.64 bits per heavy atom. The molecule has 22 heavy (non-hydrogen) atoms. The summed E-state index contributed by atoms with van der Waals surface area (Å²) in [6.45, 7) is 3.93. The third-order valence-corrected chi connectivity index (χ3v) is 3.17. The number of hydrogen-bond donors (Lipinski definition) is 1. The summed E-state index contributed by atoms with van der Waals surface area (Å²) in [6.07, 6.45) is -4.36. The van der Waals surface area contributed by atoms with Gasteiger partial charge in [-0.2, -0.15) is 13.2 Å². The van der Waals surface area contributed by atoms with E-state index in [1.165, 1.54) is 6.07 Å². The summed E-state index contributed by atoms with van der Waals surface area (Å²) >= 11 is 0. The van der Waals surface area contributed by atoms with E-state index in [4.69, 9.17) is 0 Å². The van der Waals surface area contributed by atoms with E-state index in [9.17, 15) is 13.2 Å². The van der Waals surface area contributed by atoms with Crippen LogP contribution in [0.1, 0.15) is 22.3 Å². The molecule has 0 saturated carbocycles. The maximum atomic E-state index is 12.8. The fourth-order valence-electron chi connectivity index (χ4n) is 2.28. The Hall–Kier alpha value is -2.30. The van der Waals surface area contributed by atoms with E-state index in [0.717, 1.165) is 28.8 Å². The largest absolute Gasteiger partial charge is 0.416 e. The Balaban J connectivity index is 2.32. The van der Waals surface area contributed by atoms with E-state index >= 15 is 0 Å². The van der Waals surface area contributed by atoms with Crippen LogP contribution in [0.25, 0.3) is 0 Å². The molecule has 5 heteroatoms. The molecule has 1 N–H and O–H groups in total. The molecule has 0 fully saturated rings. The number of nitrogens with zero attached hydrogens (tertiary/aromatic N) is 1. The monoisotopic (exact) mass is 306 g/mol. The molecule has 0 saturated heterocycles. The Morgan fingerprint density at radius 1 is 1.00 bits per heavy atom. The van der Waals surface area contributed by atoms with Gasteiger partial charge in [0.25, 0.3) is 0 Å². The number of hydrogen-bond acceptors (Lipinski definition) is 1. The molecular weight excluding hydrogens is 289 g/mol. The molecule has 2 aromatic carbocycles. The van der Waals surface area contributed by atoms with Crippen LogP contribution in [0.4, 0.5) is 18.9 Å². The number of amidine groups is 1. The zero-order valence-electron chi connectivity index (χ0n) is 12.6. The van der Waals surface area contributed by atoms with Crippen molar-refractivity contribution in [2.45, 2.75) is 20.0 Å². The molecule has 0 aliphatic carbocycles. The normalized spacial score (nSPS) is 12.4. The summed E-state index contributed by atoms with van der Waals surface area (Å²) < 4.78 is 38.3. The van der Waals surface area contributed by atoms with E-state index in [0.29, 0.717) is 11.5 Å². The topological polar surface area (TPSA) is 24.4 Å². The summed E-state index contributed by atoms with van der Waals surface area (Å²) in [5, 5.41) is 2.96. The quantitative estimate of drug-likeness (QED) is 0.625. The van der Waals surface area contributed by atoms with Gasteiger partial charge in [0.2, 0.25) is 0 Å². The van der Waals surface area contributed by atoms with E-state index in [1.807, 2.05) is 32.0 Å². The van der Waals surface area contributed by atoms with Gasteiger partial charge in [-0.1, -0.05) is 23.3 Å². The minimum Gasteiger partial charge on any atom is -0.340 e. The minimum absolute atomic E-state index is 0.356. The van der Waals surface area contributed by atoms with Gasteiger partial charge >= 0.3 is 6.18 Å². The van der Waals surface area contributed by atoms with Crippen molar-refractivity contribution in [2.24, 2.45) is 4.99 Å². The van der Waals surface area contributed by atoms with Gasteiger partial charge in [-0.3, -0.25) is 4.99 Å². The zero-order valence-corrected chi connectivity index (χ0v) is 12.6. The first-order chi connectivity index (χ1) is 10.3. The minimum atomic E-state index is -4.36. The number of nitrogens with one attached hydrogen (secondary N) is 1. The molecule has 0 atom stereocenters. The molecule has 0 unspecified atom stereocenters. The highest BCUT2D eigenvalue weighted by atomic mass is 19.4. The van der Waals surface area contributed by atoms with Crippen LogP contribution in [0.2, 0.25) is 0 Å². The molecule has 0 spiro atoms. The second kappa shape index (κ2) is 6.22. The third-order valence-electron chi connectivity index (χ3n) is 3.17. The molecule has 2 rings (SSSR count). The van der Waals surface area contributed by atoms with E-state index in [-0.39, 0.29) is 0 Å². The lowest BCUT2D eigenvalue weighted by atomic mass is 10.1. The first kappa shape index (κ1) is 16.1. The molecule has 116 valence electrons. The summed E-state index contributed by atoms with van der Waals surface area (Å²) in [5.41, 5.74) is 2.66. The van der Waals surface area contributed by atoms with Gasteiger partial charge < -0.3 is 5.32 Å². The third kappa shape index (κ3) is 3.87. The van der Waals surface area contributed by atoms with Crippen LogP contribution in [0.15, 0.2) is 47.5 Å². The van der Waals surface area contributed by atoms with E-state index in [2.05, 4.69) is 10.3 Å². The highest BCUT2D eigenvalue weighted by molar-refractivity contribution is 6.08. The predicted molar refractivity (Wildman–Crippen MR) is 83.4 cm³/mol. The van der Waals surface area contributed by atoms with Gasteiger partial charge in [0.15, 0.2) is 0 Å². The van der Waals surface area contributed by atoms with Gasteiger partial charge in [0, 0.05) is 18.3 Å². The number of aliphatic imine (C=N–C) groups is 1. The lowest BCUT2D eigenvalue weighted by Gasteiger charge is -2.13. The van der Waals surface area contributed by atoms with Crippen molar-refractivity contribution in [3.8, 4) is 0 Å². The van der Waals surface area contributed by atoms with Crippen LogP contribution < -0.4 is 5.32 Å². The number of aryl methyl sites for hydroxylation is 2. The summed E-state index contributed by atoms with van der Waals surface area (Å²) in [7, 11) is 1.60. The highest BCUT2D eigenvalue weighted by Crippen LogP contribution is 2.30. The molecule has 0 bridgehead atoms. The molecule has 0 amide bonds. The fraction of sp³-hybridized carbons (Fsp3) is 0.235. The van der Waals surface area contributed by atoms with Crippen LogP contribution in [0, 0.1) is 13.8 Å². The van der Waals surface area contributed by atoms with Crippen molar-refractivity contribution in [1.29, 1.82) is 0 Å². The van der Waals surface area contributed by atoms with E-state index in [1.54, 1.807) is 13.1 Å². The van der Waals surface area contributed by atoms with Crippen molar-refractivity contribution >= 4 is 11.5 Å². The van der Waals surface area contributed by atoms with Crippen molar-refractivity contribution in [2.75, 3.05) is 12.4 Å². The summed E-state index contributed by atoms with van der Waals surface area (Å²) in [4.78, 5) is 4.15. The Bertz CT molecular complexity index is 683. The highest BCUT2D eigenvalue weighted by Gasteiger charge is 2.30. The Kier molecular flexibility index (Phi) is 4.54. The average Bonchev–Trinajstić information content (AvgIpc) is 2.43. The first-order valence-corrected chi connectivity index (χ1v) is 6.79.